The third-order valence-electron chi connectivity index (χ3n) is 6.92. The normalized spacial score (nSPS) is 21.8. The Bertz CT molecular complexity index is 1290. The Labute approximate surface area is 208 Å². The van der Waals surface area contributed by atoms with Gasteiger partial charge in [0.2, 0.25) is 5.88 Å². The molecule has 0 spiro atoms. The highest BCUT2D eigenvalue weighted by Crippen LogP contribution is 2.44. The maximum atomic E-state index is 14.9. The van der Waals surface area contributed by atoms with Crippen molar-refractivity contribution < 1.29 is 23.0 Å². The van der Waals surface area contributed by atoms with Gasteiger partial charge in [0.25, 0.3) is 0 Å². The minimum atomic E-state index is -0.647. The molecule has 1 saturated heterocycles. The first-order chi connectivity index (χ1) is 17.5. The van der Waals surface area contributed by atoms with Crippen LogP contribution in [0.25, 0.3) is 22.4 Å². The van der Waals surface area contributed by atoms with Crippen LogP contribution >= 0.6 is 0 Å². The summed E-state index contributed by atoms with van der Waals surface area (Å²) in [6.07, 6.45) is 3.88. The zero-order valence-electron chi connectivity index (χ0n) is 20.0. The largest absolute Gasteiger partial charge is 0.494 e. The molecule has 1 aliphatic heterocycles. The summed E-state index contributed by atoms with van der Waals surface area (Å²) in [5.41, 5.74) is 8.10. The summed E-state index contributed by atoms with van der Waals surface area (Å²) in [6, 6.07) is 11.0. The summed E-state index contributed by atoms with van der Waals surface area (Å²) in [6.45, 7) is 1.04. The smallest absolute Gasteiger partial charge is 0.221 e. The summed E-state index contributed by atoms with van der Waals surface area (Å²) in [5.74, 6) is -0.564. The molecule has 1 atom stereocenters. The Morgan fingerprint density at radius 2 is 1.81 bits per heavy atom. The molecule has 1 aromatic heterocycles. The lowest BCUT2D eigenvalue weighted by molar-refractivity contribution is 0.129. The molecule has 2 aliphatic rings. The molecule has 5 rings (SSSR count). The maximum Gasteiger partial charge on any atom is 0.221 e. The Morgan fingerprint density at radius 3 is 2.44 bits per heavy atom. The van der Waals surface area contributed by atoms with Crippen LogP contribution in [-0.2, 0) is 4.74 Å². The first-order valence-corrected chi connectivity index (χ1v) is 12.1. The number of halogens is 2. The zero-order valence-corrected chi connectivity index (χ0v) is 20.0. The Kier molecular flexibility index (Phi) is 6.90. The summed E-state index contributed by atoms with van der Waals surface area (Å²) >= 11 is 0. The topological polar surface area (TPSA) is 95.3 Å². The van der Waals surface area contributed by atoms with E-state index in [0.717, 1.165) is 32.1 Å². The minimum absolute atomic E-state index is 0.0287. The second-order valence-corrected chi connectivity index (χ2v) is 9.30. The quantitative estimate of drug-likeness (QED) is 0.519. The van der Waals surface area contributed by atoms with Gasteiger partial charge in [-0.15, -0.1) is 0 Å². The van der Waals surface area contributed by atoms with Crippen molar-refractivity contribution in [3.63, 3.8) is 0 Å². The molecule has 1 aliphatic carbocycles. The van der Waals surface area contributed by atoms with Gasteiger partial charge in [0.05, 0.1) is 37.5 Å². The number of aromatic nitrogens is 2. The van der Waals surface area contributed by atoms with Crippen molar-refractivity contribution in [3.05, 3.63) is 53.6 Å². The number of ether oxygens (including phenoxy) is 3. The monoisotopic (exact) mass is 494 g/mol. The maximum absolute atomic E-state index is 14.9. The van der Waals surface area contributed by atoms with Crippen molar-refractivity contribution in [2.24, 2.45) is 5.73 Å². The predicted octanol–water partition coefficient (Wildman–Crippen LogP) is 4.99. The van der Waals surface area contributed by atoms with Gasteiger partial charge in [-0.3, -0.25) is 0 Å². The number of rotatable bonds is 6. The summed E-state index contributed by atoms with van der Waals surface area (Å²) in [4.78, 5) is 0. The molecule has 0 unspecified atom stereocenters. The number of nitrogens with two attached hydrogens (primary N) is 1. The molecule has 188 valence electrons. The molecule has 0 amide bonds. The van der Waals surface area contributed by atoms with Gasteiger partial charge in [0, 0.05) is 18.0 Å². The molecule has 2 N–H and O–H groups in total. The summed E-state index contributed by atoms with van der Waals surface area (Å²) in [5, 5.41) is 14.1. The average molecular weight is 495 g/mol. The molecule has 36 heavy (non-hydrogen) atoms. The van der Waals surface area contributed by atoms with Gasteiger partial charge in [-0.25, -0.2) is 13.5 Å². The fraction of sp³-hybridized carbons (Fsp3) is 0.407. The average Bonchev–Trinajstić information content (AvgIpc) is 3.53. The van der Waals surface area contributed by atoms with Crippen LogP contribution in [0.5, 0.6) is 11.6 Å². The standard InChI is InChI=1S/C27H28F2N4O3/c1-34-24-9-4-16(12-23(24)29)25-26(17-2-3-18(14-30)22(28)13-17)32-33(20-7-5-19(31)6-8-20)27(25)36-21-10-11-35-15-21/h2-4,9,12-13,19-21H,5-8,10-11,15,31H2,1H3/t19?,20?,21-/m0/s1. The molecular weight excluding hydrogens is 466 g/mol. The number of benzene rings is 2. The van der Waals surface area contributed by atoms with Gasteiger partial charge >= 0.3 is 0 Å². The number of hydrogen-bond acceptors (Lipinski definition) is 6. The Hall–Kier alpha value is -3.48. The molecule has 0 bridgehead atoms. The van der Waals surface area contributed by atoms with Crippen molar-refractivity contribution >= 4 is 0 Å². The van der Waals surface area contributed by atoms with Crippen molar-refractivity contribution in [1.29, 1.82) is 5.26 Å². The molecule has 2 aromatic carbocycles. The van der Waals surface area contributed by atoms with E-state index in [1.54, 1.807) is 18.2 Å². The first kappa shape index (κ1) is 24.2. The lowest BCUT2D eigenvalue weighted by atomic mass is 9.92. The highest BCUT2D eigenvalue weighted by Gasteiger charge is 2.31. The van der Waals surface area contributed by atoms with Crippen LogP contribution in [-0.4, -0.2) is 42.2 Å². The van der Waals surface area contributed by atoms with Crippen molar-refractivity contribution in [2.75, 3.05) is 20.3 Å². The van der Waals surface area contributed by atoms with Crippen LogP contribution in [0.3, 0.4) is 0 Å². The fourth-order valence-corrected chi connectivity index (χ4v) is 4.93. The third-order valence-corrected chi connectivity index (χ3v) is 6.92. The van der Waals surface area contributed by atoms with E-state index in [2.05, 4.69) is 0 Å². The summed E-state index contributed by atoms with van der Waals surface area (Å²) < 4.78 is 48.5. The Morgan fingerprint density at radius 1 is 1.06 bits per heavy atom. The van der Waals surface area contributed by atoms with Crippen LogP contribution < -0.4 is 15.2 Å². The SMILES string of the molecule is COc1ccc(-c2c(-c3ccc(C#N)c(F)c3)nn(C3CCC(N)CC3)c2O[C@H]2CCOC2)cc1F. The van der Waals surface area contributed by atoms with Crippen LogP contribution in [0.15, 0.2) is 36.4 Å². The van der Waals surface area contributed by atoms with E-state index < -0.39 is 11.6 Å². The molecular formula is C27H28F2N4O3. The van der Waals surface area contributed by atoms with E-state index in [1.807, 2.05) is 10.8 Å². The second-order valence-electron chi connectivity index (χ2n) is 9.30. The van der Waals surface area contributed by atoms with Crippen LogP contribution in [0.2, 0.25) is 0 Å². The molecule has 3 aromatic rings. The van der Waals surface area contributed by atoms with Gasteiger partial charge in [0.1, 0.15) is 23.7 Å². The molecule has 2 fully saturated rings. The Balaban J connectivity index is 1.71. The third kappa shape index (κ3) is 4.66. The van der Waals surface area contributed by atoms with E-state index in [-0.39, 0.29) is 29.5 Å². The second kappa shape index (κ2) is 10.2. The minimum Gasteiger partial charge on any atom is -0.494 e. The lowest BCUT2D eigenvalue weighted by Crippen LogP contribution is -2.29. The highest BCUT2D eigenvalue weighted by molar-refractivity contribution is 5.85. The van der Waals surface area contributed by atoms with Gasteiger partial charge in [0.15, 0.2) is 11.6 Å². The molecule has 9 heteroatoms. The van der Waals surface area contributed by atoms with Crippen LogP contribution in [0.4, 0.5) is 8.78 Å². The van der Waals surface area contributed by atoms with Crippen LogP contribution in [0.1, 0.15) is 43.7 Å². The fourth-order valence-electron chi connectivity index (χ4n) is 4.93. The highest BCUT2D eigenvalue weighted by atomic mass is 19.1. The van der Waals surface area contributed by atoms with Crippen molar-refractivity contribution in [2.45, 2.75) is 50.3 Å². The van der Waals surface area contributed by atoms with E-state index in [1.165, 1.54) is 25.3 Å². The first-order valence-electron chi connectivity index (χ1n) is 12.1. The van der Waals surface area contributed by atoms with E-state index in [0.29, 0.717) is 41.5 Å². The predicted molar refractivity (Wildman–Crippen MR) is 130 cm³/mol. The summed E-state index contributed by atoms with van der Waals surface area (Å²) in [7, 11) is 1.41. The van der Waals surface area contributed by atoms with Crippen LogP contribution in [0, 0.1) is 23.0 Å². The molecule has 0 radical (unpaired) electrons. The number of methoxy groups -OCH3 is 1. The van der Waals surface area contributed by atoms with Gasteiger partial charge < -0.3 is 19.9 Å². The zero-order chi connectivity index (χ0) is 25.2. The lowest BCUT2D eigenvalue weighted by Gasteiger charge is -2.28. The number of nitriles is 1. The molecule has 2 heterocycles. The van der Waals surface area contributed by atoms with E-state index >= 15 is 0 Å². The van der Waals surface area contributed by atoms with Gasteiger partial charge in [-0.2, -0.15) is 10.4 Å². The van der Waals surface area contributed by atoms with Gasteiger partial charge in [-0.05, 0) is 55.5 Å². The van der Waals surface area contributed by atoms with E-state index in [9.17, 15) is 14.0 Å². The van der Waals surface area contributed by atoms with Gasteiger partial charge in [-0.1, -0.05) is 12.1 Å². The number of hydrogen-bond donors (Lipinski definition) is 1. The molecule has 7 nitrogen and oxygen atoms in total. The molecule has 1 saturated carbocycles. The van der Waals surface area contributed by atoms with Crippen molar-refractivity contribution in [3.8, 4) is 40.1 Å². The number of nitrogens with zero attached hydrogens (tertiary/aromatic N) is 3. The van der Waals surface area contributed by atoms with Crippen molar-refractivity contribution in [1.82, 2.24) is 9.78 Å². The van der Waals surface area contributed by atoms with E-state index in [4.69, 9.17) is 25.0 Å².